The summed E-state index contributed by atoms with van der Waals surface area (Å²) < 4.78 is 84.2. The van der Waals surface area contributed by atoms with Crippen LogP contribution >= 0.6 is 11.3 Å². The van der Waals surface area contributed by atoms with E-state index in [1.807, 2.05) is 0 Å². The van der Waals surface area contributed by atoms with Crippen LogP contribution < -0.4 is 0 Å². The molecular weight excluding hydrogens is 456 g/mol. The number of ether oxygens (including phenoxy) is 1. The van der Waals surface area contributed by atoms with Gasteiger partial charge < -0.3 is 4.74 Å². The number of hydrogen-bond acceptors (Lipinski definition) is 4. The Morgan fingerprint density at radius 3 is 2.38 bits per heavy atom. The van der Waals surface area contributed by atoms with Gasteiger partial charge in [0.2, 0.25) is 0 Å². The predicted molar refractivity (Wildman–Crippen MR) is 107 cm³/mol. The van der Waals surface area contributed by atoms with E-state index in [-0.39, 0.29) is 18.6 Å². The van der Waals surface area contributed by atoms with Gasteiger partial charge in [-0.25, -0.2) is 9.78 Å². The monoisotopic (exact) mass is 473 g/mol. The molecule has 0 radical (unpaired) electrons. The van der Waals surface area contributed by atoms with Crippen LogP contribution in [0.2, 0.25) is 0 Å². The van der Waals surface area contributed by atoms with Crippen molar-refractivity contribution < 1.29 is 35.9 Å². The highest BCUT2D eigenvalue weighted by atomic mass is 32.1. The predicted octanol–water partition coefficient (Wildman–Crippen LogP) is 6.92. The number of aryl methyl sites for hydroxylation is 1. The second-order valence-corrected chi connectivity index (χ2v) is 7.96. The zero-order chi connectivity index (χ0) is 23.7. The standard InChI is InChI=1S/C22H17F6NO2S/c1-3-31-20(30)16-8-7-14(11-17(16)22(26,27)28)19-12(2)29-18(32-19)10-13-5-4-6-15(9-13)21(23,24)25/h4-9,11H,3,10H2,1-2H3. The lowest BCUT2D eigenvalue weighted by atomic mass is 10.0. The fourth-order valence-electron chi connectivity index (χ4n) is 3.13. The van der Waals surface area contributed by atoms with Gasteiger partial charge in [0.05, 0.1) is 38.9 Å². The topological polar surface area (TPSA) is 39.2 Å². The van der Waals surface area contributed by atoms with Crippen molar-refractivity contribution in [3.8, 4) is 10.4 Å². The SMILES string of the molecule is CCOC(=O)c1ccc(-c2sc(Cc3cccc(C(F)(F)F)c3)nc2C)cc1C(F)(F)F. The van der Waals surface area contributed by atoms with Gasteiger partial charge in [-0.3, -0.25) is 0 Å². The highest BCUT2D eigenvalue weighted by Gasteiger charge is 2.36. The first kappa shape index (κ1) is 23.8. The number of carbonyl (C=O) groups is 1. The normalized spacial score (nSPS) is 12.1. The second-order valence-electron chi connectivity index (χ2n) is 6.88. The van der Waals surface area contributed by atoms with Crippen LogP contribution in [0.3, 0.4) is 0 Å². The molecule has 0 amide bonds. The number of halogens is 6. The smallest absolute Gasteiger partial charge is 0.417 e. The molecule has 0 aliphatic rings. The summed E-state index contributed by atoms with van der Waals surface area (Å²) in [7, 11) is 0. The van der Waals surface area contributed by atoms with Crippen molar-refractivity contribution >= 4 is 17.3 Å². The zero-order valence-electron chi connectivity index (χ0n) is 16.9. The number of aromatic nitrogens is 1. The number of alkyl halides is 6. The maximum absolute atomic E-state index is 13.6. The molecule has 0 atom stereocenters. The largest absolute Gasteiger partial charge is 0.462 e. The molecule has 2 aromatic carbocycles. The first-order valence-corrected chi connectivity index (χ1v) is 10.2. The minimum Gasteiger partial charge on any atom is -0.462 e. The van der Waals surface area contributed by atoms with Crippen LogP contribution in [0.4, 0.5) is 26.3 Å². The van der Waals surface area contributed by atoms with E-state index >= 15 is 0 Å². The van der Waals surface area contributed by atoms with Crippen molar-refractivity contribution in [1.29, 1.82) is 0 Å². The average Bonchev–Trinajstić information content (AvgIpc) is 3.06. The molecule has 3 nitrogen and oxygen atoms in total. The van der Waals surface area contributed by atoms with E-state index in [4.69, 9.17) is 4.74 Å². The Morgan fingerprint density at radius 1 is 1.03 bits per heavy atom. The third-order valence-electron chi connectivity index (χ3n) is 4.53. The van der Waals surface area contributed by atoms with Crippen molar-refractivity contribution in [3.05, 3.63) is 75.4 Å². The van der Waals surface area contributed by atoms with E-state index in [9.17, 15) is 31.1 Å². The maximum Gasteiger partial charge on any atom is 0.417 e. The number of thiazole rings is 1. The molecule has 3 rings (SSSR count). The Bertz CT molecular complexity index is 1130. The number of hydrogen-bond donors (Lipinski definition) is 0. The van der Waals surface area contributed by atoms with E-state index < -0.39 is 35.0 Å². The maximum atomic E-state index is 13.6. The summed E-state index contributed by atoms with van der Waals surface area (Å²) in [5.41, 5.74) is -1.47. The van der Waals surface area contributed by atoms with Crippen LogP contribution in [0, 0.1) is 6.92 Å². The fourth-order valence-corrected chi connectivity index (χ4v) is 4.23. The third-order valence-corrected chi connectivity index (χ3v) is 5.74. The van der Waals surface area contributed by atoms with Gasteiger partial charge in [0.15, 0.2) is 0 Å². The molecule has 0 spiro atoms. The van der Waals surface area contributed by atoms with Gasteiger partial charge in [0.25, 0.3) is 0 Å². The van der Waals surface area contributed by atoms with E-state index in [0.717, 1.165) is 35.6 Å². The van der Waals surface area contributed by atoms with Crippen LogP contribution in [-0.4, -0.2) is 17.6 Å². The molecule has 0 aliphatic carbocycles. The first-order valence-electron chi connectivity index (χ1n) is 9.41. The Morgan fingerprint density at radius 2 is 1.75 bits per heavy atom. The van der Waals surface area contributed by atoms with Gasteiger partial charge in [0, 0.05) is 6.42 Å². The highest BCUT2D eigenvalue weighted by Crippen LogP contribution is 2.38. The van der Waals surface area contributed by atoms with Crippen molar-refractivity contribution in [2.24, 2.45) is 0 Å². The molecular formula is C22H17F6NO2S. The van der Waals surface area contributed by atoms with Crippen molar-refractivity contribution in [2.45, 2.75) is 32.6 Å². The van der Waals surface area contributed by atoms with Crippen LogP contribution in [0.25, 0.3) is 10.4 Å². The lowest BCUT2D eigenvalue weighted by Gasteiger charge is -2.13. The number of carbonyl (C=O) groups excluding carboxylic acids is 1. The molecule has 1 heterocycles. The van der Waals surface area contributed by atoms with Gasteiger partial charge in [0.1, 0.15) is 0 Å². The minimum atomic E-state index is -4.78. The number of benzene rings is 2. The van der Waals surface area contributed by atoms with E-state index in [1.54, 1.807) is 6.92 Å². The molecule has 0 N–H and O–H groups in total. The number of nitrogens with zero attached hydrogens (tertiary/aromatic N) is 1. The van der Waals surface area contributed by atoms with Gasteiger partial charge in [-0.15, -0.1) is 11.3 Å². The molecule has 0 saturated heterocycles. The van der Waals surface area contributed by atoms with Gasteiger partial charge >= 0.3 is 18.3 Å². The van der Waals surface area contributed by atoms with Crippen LogP contribution in [-0.2, 0) is 23.5 Å². The summed E-state index contributed by atoms with van der Waals surface area (Å²) in [6.45, 7) is 3.03. The molecule has 0 unspecified atom stereocenters. The average molecular weight is 473 g/mol. The van der Waals surface area contributed by atoms with Crippen molar-refractivity contribution in [3.63, 3.8) is 0 Å². The van der Waals surface area contributed by atoms with Crippen LogP contribution in [0.1, 0.15) is 44.7 Å². The van der Waals surface area contributed by atoms with Crippen LogP contribution in [0.15, 0.2) is 42.5 Å². The first-order chi connectivity index (χ1) is 14.9. The lowest BCUT2D eigenvalue weighted by molar-refractivity contribution is -0.138. The molecule has 10 heteroatoms. The summed E-state index contributed by atoms with van der Waals surface area (Å²) in [4.78, 5) is 16.7. The summed E-state index contributed by atoms with van der Waals surface area (Å²) in [6, 6.07) is 8.10. The molecule has 32 heavy (non-hydrogen) atoms. The Balaban J connectivity index is 1.96. The quantitative estimate of drug-likeness (QED) is 0.298. The fraction of sp³-hybridized carbons (Fsp3) is 0.273. The molecule has 170 valence electrons. The molecule has 0 aliphatic heterocycles. The Kier molecular flexibility index (Phi) is 6.64. The third kappa shape index (κ3) is 5.29. The lowest BCUT2D eigenvalue weighted by Crippen LogP contribution is -2.15. The van der Waals surface area contributed by atoms with Crippen LogP contribution in [0.5, 0.6) is 0 Å². The number of esters is 1. The van der Waals surface area contributed by atoms with Gasteiger partial charge in [-0.1, -0.05) is 24.3 Å². The minimum absolute atomic E-state index is 0.0647. The van der Waals surface area contributed by atoms with Gasteiger partial charge in [-0.2, -0.15) is 26.3 Å². The Hall–Kier alpha value is -2.88. The van der Waals surface area contributed by atoms with E-state index in [1.165, 1.54) is 25.1 Å². The van der Waals surface area contributed by atoms with Crippen molar-refractivity contribution in [1.82, 2.24) is 4.98 Å². The highest BCUT2D eigenvalue weighted by molar-refractivity contribution is 7.15. The van der Waals surface area contributed by atoms with E-state index in [0.29, 0.717) is 21.1 Å². The number of rotatable bonds is 5. The molecule has 0 fully saturated rings. The van der Waals surface area contributed by atoms with E-state index in [2.05, 4.69) is 4.98 Å². The second kappa shape index (κ2) is 8.93. The summed E-state index contributed by atoms with van der Waals surface area (Å²) in [6.07, 6.45) is -9.16. The Labute approximate surface area is 183 Å². The summed E-state index contributed by atoms with van der Waals surface area (Å²) in [5, 5.41) is 0.458. The molecule has 3 aromatic rings. The molecule has 0 bridgehead atoms. The molecule has 1 aromatic heterocycles. The van der Waals surface area contributed by atoms with Gasteiger partial charge in [-0.05, 0) is 43.2 Å². The summed E-state index contributed by atoms with van der Waals surface area (Å²) >= 11 is 1.09. The van der Waals surface area contributed by atoms with Crippen molar-refractivity contribution in [2.75, 3.05) is 6.61 Å². The zero-order valence-corrected chi connectivity index (χ0v) is 17.7. The summed E-state index contributed by atoms with van der Waals surface area (Å²) in [5.74, 6) is -1.07. The molecule has 0 saturated carbocycles.